The maximum atomic E-state index is 13.0. The van der Waals surface area contributed by atoms with Crippen LogP contribution in [0, 0.1) is 12.7 Å². The molecule has 0 aliphatic heterocycles. The maximum absolute atomic E-state index is 13.0. The van der Waals surface area contributed by atoms with Crippen LogP contribution in [0.4, 0.5) is 4.39 Å². The number of guanidine groups is 1. The van der Waals surface area contributed by atoms with E-state index in [9.17, 15) is 4.39 Å². The van der Waals surface area contributed by atoms with Gasteiger partial charge in [-0.2, -0.15) is 0 Å². The van der Waals surface area contributed by atoms with Crippen LogP contribution >= 0.6 is 24.0 Å². The fourth-order valence-electron chi connectivity index (χ4n) is 2.43. The number of benzene rings is 2. The number of ether oxygens (including phenoxy) is 1. The van der Waals surface area contributed by atoms with Crippen molar-refractivity contribution in [2.24, 2.45) is 4.99 Å². The average molecular weight is 457 g/mol. The number of methoxy groups -OCH3 is 1. The molecule has 0 radical (unpaired) electrons. The predicted molar refractivity (Wildman–Crippen MR) is 111 cm³/mol. The first-order chi connectivity index (χ1) is 11.6. The Morgan fingerprint density at radius 2 is 1.88 bits per heavy atom. The molecule has 0 spiro atoms. The van der Waals surface area contributed by atoms with E-state index in [2.05, 4.69) is 40.7 Å². The van der Waals surface area contributed by atoms with Gasteiger partial charge in [0.1, 0.15) is 5.82 Å². The molecule has 2 rings (SSSR count). The van der Waals surface area contributed by atoms with Crippen LogP contribution in [0.2, 0.25) is 0 Å². The molecule has 2 aromatic carbocycles. The van der Waals surface area contributed by atoms with Gasteiger partial charge in [0.15, 0.2) is 5.96 Å². The summed E-state index contributed by atoms with van der Waals surface area (Å²) < 4.78 is 18.5. The summed E-state index contributed by atoms with van der Waals surface area (Å²) in [6, 6.07) is 14.7. The summed E-state index contributed by atoms with van der Waals surface area (Å²) in [5.41, 5.74) is 3.34. The summed E-state index contributed by atoms with van der Waals surface area (Å²) in [6.45, 7) is 3.30. The van der Waals surface area contributed by atoms with E-state index in [0.717, 1.165) is 5.56 Å². The van der Waals surface area contributed by atoms with Gasteiger partial charge in [-0.25, -0.2) is 4.39 Å². The van der Waals surface area contributed by atoms with Crippen molar-refractivity contribution in [3.05, 3.63) is 71.0 Å². The summed E-state index contributed by atoms with van der Waals surface area (Å²) in [4.78, 5) is 4.22. The quantitative estimate of drug-likeness (QED) is 0.394. The van der Waals surface area contributed by atoms with E-state index in [4.69, 9.17) is 4.74 Å². The molecule has 0 fully saturated rings. The van der Waals surface area contributed by atoms with Gasteiger partial charge in [0.2, 0.25) is 0 Å². The summed E-state index contributed by atoms with van der Waals surface area (Å²) in [5, 5.41) is 6.51. The molecule has 136 valence electrons. The highest BCUT2D eigenvalue weighted by molar-refractivity contribution is 14.0. The third-order valence-corrected chi connectivity index (χ3v) is 3.75. The van der Waals surface area contributed by atoms with Crippen molar-refractivity contribution in [2.75, 3.05) is 20.7 Å². The molecule has 1 atom stereocenters. The summed E-state index contributed by atoms with van der Waals surface area (Å²) in [5.74, 6) is 0.442. The maximum Gasteiger partial charge on any atom is 0.191 e. The minimum Gasteiger partial charge on any atom is -0.375 e. The largest absolute Gasteiger partial charge is 0.375 e. The van der Waals surface area contributed by atoms with Crippen LogP contribution in [-0.2, 0) is 11.3 Å². The Morgan fingerprint density at radius 1 is 1.16 bits per heavy atom. The van der Waals surface area contributed by atoms with E-state index in [-0.39, 0.29) is 35.9 Å². The first-order valence-corrected chi connectivity index (χ1v) is 7.90. The summed E-state index contributed by atoms with van der Waals surface area (Å²) >= 11 is 0. The third-order valence-electron chi connectivity index (χ3n) is 3.75. The fourth-order valence-corrected chi connectivity index (χ4v) is 2.43. The van der Waals surface area contributed by atoms with Gasteiger partial charge in [0.05, 0.1) is 6.10 Å². The van der Waals surface area contributed by atoms with Crippen LogP contribution in [0.25, 0.3) is 0 Å². The zero-order valence-corrected chi connectivity index (χ0v) is 17.1. The molecule has 0 aliphatic rings. The van der Waals surface area contributed by atoms with Crippen molar-refractivity contribution >= 4 is 29.9 Å². The lowest BCUT2D eigenvalue weighted by molar-refractivity contribution is 0.106. The number of nitrogens with one attached hydrogen (secondary N) is 2. The molecule has 2 aromatic rings. The van der Waals surface area contributed by atoms with Gasteiger partial charge in [0, 0.05) is 27.2 Å². The number of halogens is 2. The number of hydrogen-bond donors (Lipinski definition) is 2. The minimum absolute atomic E-state index is 0. The van der Waals surface area contributed by atoms with E-state index in [1.807, 2.05) is 6.07 Å². The topological polar surface area (TPSA) is 45.7 Å². The smallest absolute Gasteiger partial charge is 0.191 e. The molecule has 0 aliphatic carbocycles. The zero-order chi connectivity index (χ0) is 17.4. The Labute approximate surface area is 165 Å². The van der Waals surface area contributed by atoms with Crippen LogP contribution in [0.15, 0.2) is 53.5 Å². The Balaban J connectivity index is 0.00000312. The second-order valence-corrected chi connectivity index (χ2v) is 5.57. The molecule has 0 bridgehead atoms. The molecule has 6 heteroatoms. The van der Waals surface area contributed by atoms with Gasteiger partial charge < -0.3 is 15.4 Å². The highest BCUT2D eigenvalue weighted by Gasteiger charge is 2.11. The van der Waals surface area contributed by atoms with E-state index >= 15 is 0 Å². The lowest BCUT2D eigenvalue weighted by atomic mass is 10.1. The molecule has 4 nitrogen and oxygen atoms in total. The van der Waals surface area contributed by atoms with Gasteiger partial charge in [-0.15, -0.1) is 24.0 Å². The van der Waals surface area contributed by atoms with E-state index in [0.29, 0.717) is 19.0 Å². The predicted octanol–water partition coefficient (Wildman–Crippen LogP) is 3.80. The second-order valence-electron chi connectivity index (χ2n) is 5.57. The van der Waals surface area contributed by atoms with E-state index < -0.39 is 0 Å². The lowest BCUT2D eigenvalue weighted by Crippen LogP contribution is -2.39. The van der Waals surface area contributed by atoms with Crippen molar-refractivity contribution < 1.29 is 9.13 Å². The first kappa shape index (κ1) is 21.4. The molecule has 1 unspecified atom stereocenters. The molecule has 0 saturated heterocycles. The van der Waals surface area contributed by atoms with Gasteiger partial charge in [-0.1, -0.05) is 42.0 Å². The lowest BCUT2D eigenvalue weighted by Gasteiger charge is -2.19. The van der Waals surface area contributed by atoms with Crippen LogP contribution in [0.1, 0.15) is 22.8 Å². The standard InChI is InChI=1S/C19H24FN3O.HI/c1-14-5-4-6-15(11-14)12-22-19(21-2)23-13-18(24-3)16-7-9-17(20)10-8-16;/h4-11,18H,12-13H2,1-3H3,(H2,21,22,23);1H. The van der Waals surface area contributed by atoms with Crippen LogP contribution in [-0.4, -0.2) is 26.7 Å². The van der Waals surface area contributed by atoms with Gasteiger partial charge >= 0.3 is 0 Å². The molecule has 25 heavy (non-hydrogen) atoms. The average Bonchev–Trinajstić information content (AvgIpc) is 2.59. The summed E-state index contributed by atoms with van der Waals surface area (Å²) in [6.07, 6.45) is -0.178. The van der Waals surface area contributed by atoms with Crippen molar-refractivity contribution in [3.8, 4) is 0 Å². The van der Waals surface area contributed by atoms with Crippen molar-refractivity contribution in [2.45, 2.75) is 19.6 Å². The van der Waals surface area contributed by atoms with Gasteiger partial charge in [0.25, 0.3) is 0 Å². The molecule has 0 amide bonds. The van der Waals surface area contributed by atoms with Crippen LogP contribution in [0.5, 0.6) is 0 Å². The van der Waals surface area contributed by atoms with Gasteiger partial charge in [-0.05, 0) is 30.2 Å². The zero-order valence-electron chi connectivity index (χ0n) is 14.8. The monoisotopic (exact) mass is 457 g/mol. The highest BCUT2D eigenvalue weighted by Crippen LogP contribution is 2.16. The fraction of sp³-hybridized carbons (Fsp3) is 0.316. The Kier molecular flexibility index (Phi) is 9.44. The number of rotatable bonds is 6. The second kappa shape index (κ2) is 11.0. The van der Waals surface area contributed by atoms with Crippen molar-refractivity contribution in [1.29, 1.82) is 0 Å². The Bertz CT molecular complexity index is 677. The molecule has 0 heterocycles. The minimum atomic E-state index is -0.253. The number of nitrogens with zero attached hydrogens (tertiary/aromatic N) is 1. The van der Waals surface area contributed by atoms with Crippen LogP contribution < -0.4 is 10.6 Å². The van der Waals surface area contributed by atoms with Crippen LogP contribution in [0.3, 0.4) is 0 Å². The molecular weight excluding hydrogens is 432 g/mol. The van der Waals surface area contributed by atoms with Crippen molar-refractivity contribution in [3.63, 3.8) is 0 Å². The van der Waals surface area contributed by atoms with E-state index in [1.54, 1.807) is 26.3 Å². The first-order valence-electron chi connectivity index (χ1n) is 7.90. The molecule has 2 N–H and O–H groups in total. The highest BCUT2D eigenvalue weighted by atomic mass is 127. The normalized spacial score (nSPS) is 12.2. The van der Waals surface area contributed by atoms with E-state index in [1.165, 1.54) is 23.3 Å². The summed E-state index contributed by atoms with van der Waals surface area (Å²) in [7, 11) is 3.36. The van der Waals surface area contributed by atoms with Gasteiger partial charge in [-0.3, -0.25) is 4.99 Å². The molecular formula is C19H25FIN3O. The number of hydrogen-bond acceptors (Lipinski definition) is 2. The Hall–Kier alpha value is -1.67. The molecule has 0 aromatic heterocycles. The number of aryl methyl sites for hydroxylation is 1. The Morgan fingerprint density at radius 3 is 2.48 bits per heavy atom. The third kappa shape index (κ3) is 6.99. The molecule has 0 saturated carbocycles. The van der Waals surface area contributed by atoms with Crippen molar-refractivity contribution in [1.82, 2.24) is 10.6 Å². The SMILES string of the molecule is CN=C(NCc1cccc(C)c1)NCC(OC)c1ccc(F)cc1.I. The number of aliphatic imine (C=N–C) groups is 1.